The van der Waals surface area contributed by atoms with Crippen LogP contribution in [-0.2, 0) is 17.7 Å². The third-order valence-electron chi connectivity index (χ3n) is 6.21. The molecule has 0 N–H and O–H groups in total. The van der Waals surface area contributed by atoms with Gasteiger partial charge in [0.15, 0.2) is 0 Å². The smallest absolute Gasteiger partial charge is 0.126 e. The van der Waals surface area contributed by atoms with Gasteiger partial charge in [0.05, 0.1) is 20.3 Å². The first-order valence-electron chi connectivity index (χ1n) is 10.7. The molecule has 0 bridgehead atoms. The lowest BCUT2D eigenvalue weighted by atomic mass is 9.97. The summed E-state index contributed by atoms with van der Waals surface area (Å²) in [7, 11) is 1.74. The third-order valence-corrected chi connectivity index (χ3v) is 6.21. The number of benzene rings is 3. The van der Waals surface area contributed by atoms with Crippen molar-refractivity contribution in [2.75, 3.05) is 40.0 Å². The van der Waals surface area contributed by atoms with Gasteiger partial charge in [-0.3, -0.25) is 4.90 Å². The van der Waals surface area contributed by atoms with Crippen molar-refractivity contribution in [2.24, 2.45) is 0 Å². The van der Waals surface area contributed by atoms with E-state index in [9.17, 15) is 0 Å². The van der Waals surface area contributed by atoms with Crippen LogP contribution < -0.4 is 4.74 Å². The number of nitrogens with zero attached hydrogens (tertiary/aromatic N) is 2. The predicted octanol–water partition coefficient (Wildman–Crippen LogP) is 4.73. The molecule has 0 saturated carbocycles. The van der Waals surface area contributed by atoms with Crippen molar-refractivity contribution in [3.8, 4) is 5.75 Å². The van der Waals surface area contributed by atoms with Crippen LogP contribution in [0.3, 0.4) is 0 Å². The van der Waals surface area contributed by atoms with E-state index in [0.29, 0.717) is 0 Å². The summed E-state index contributed by atoms with van der Waals surface area (Å²) >= 11 is 0. The zero-order valence-electron chi connectivity index (χ0n) is 17.5. The van der Waals surface area contributed by atoms with Gasteiger partial charge in [-0.2, -0.15) is 0 Å². The van der Waals surface area contributed by atoms with Crippen LogP contribution in [-0.4, -0.2) is 49.4 Å². The predicted molar refractivity (Wildman–Crippen MR) is 123 cm³/mol. The molecule has 2 heterocycles. The molecule has 4 heteroatoms. The van der Waals surface area contributed by atoms with E-state index in [1.54, 1.807) is 7.11 Å². The molecule has 0 spiro atoms. The molecule has 1 aliphatic rings. The normalized spacial score (nSPS) is 15.1. The summed E-state index contributed by atoms with van der Waals surface area (Å²) in [6.07, 6.45) is 3.26. The zero-order chi connectivity index (χ0) is 20.3. The molecule has 4 aromatic rings. The molecule has 0 atom stereocenters. The number of rotatable bonds is 6. The Bertz CT molecular complexity index is 1160. The third kappa shape index (κ3) is 3.69. The van der Waals surface area contributed by atoms with Gasteiger partial charge in [-0.15, -0.1) is 0 Å². The van der Waals surface area contributed by atoms with Crippen LogP contribution >= 0.6 is 0 Å². The maximum Gasteiger partial charge on any atom is 0.126 e. The number of hydrogen-bond acceptors (Lipinski definition) is 3. The Hall–Kier alpha value is -2.82. The highest BCUT2D eigenvalue weighted by molar-refractivity contribution is 5.92. The second-order valence-electron chi connectivity index (χ2n) is 7.97. The van der Waals surface area contributed by atoms with Crippen molar-refractivity contribution in [2.45, 2.75) is 13.0 Å². The maximum absolute atomic E-state index is 5.58. The number of morpholine rings is 1. The standard InChI is InChI=1S/C26H28N2O2/c1-29-26-11-10-20(22-6-2-3-8-24(22)26)18-21-19-28(25-9-5-4-7-23(21)25)13-12-27-14-16-30-17-15-27/h2-11,19H,12-18H2,1H3. The number of methoxy groups -OCH3 is 1. The Morgan fingerprint density at radius 2 is 1.53 bits per heavy atom. The minimum absolute atomic E-state index is 0.849. The van der Waals surface area contributed by atoms with E-state index in [4.69, 9.17) is 9.47 Å². The van der Waals surface area contributed by atoms with Crippen molar-refractivity contribution in [1.82, 2.24) is 9.47 Å². The minimum atomic E-state index is 0.849. The maximum atomic E-state index is 5.58. The van der Waals surface area contributed by atoms with Crippen molar-refractivity contribution in [3.63, 3.8) is 0 Å². The number of para-hydroxylation sites is 1. The fourth-order valence-electron chi connectivity index (χ4n) is 4.59. The second-order valence-corrected chi connectivity index (χ2v) is 7.97. The molecule has 1 saturated heterocycles. The van der Waals surface area contributed by atoms with E-state index in [0.717, 1.165) is 51.6 Å². The number of ether oxygens (including phenoxy) is 2. The Morgan fingerprint density at radius 3 is 2.33 bits per heavy atom. The molecule has 0 aliphatic carbocycles. The van der Waals surface area contributed by atoms with Crippen LogP contribution in [0.5, 0.6) is 5.75 Å². The molecule has 4 nitrogen and oxygen atoms in total. The monoisotopic (exact) mass is 400 g/mol. The van der Waals surface area contributed by atoms with Crippen LogP contribution in [0, 0.1) is 0 Å². The Kier molecular flexibility index (Phi) is 5.43. The van der Waals surface area contributed by atoms with E-state index in [-0.39, 0.29) is 0 Å². The first kappa shape index (κ1) is 19.2. The molecule has 3 aromatic carbocycles. The Labute approximate surface area is 177 Å². The lowest BCUT2D eigenvalue weighted by molar-refractivity contribution is 0.0365. The lowest BCUT2D eigenvalue weighted by Gasteiger charge is -2.26. The molecule has 154 valence electrons. The van der Waals surface area contributed by atoms with E-state index in [1.807, 2.05) is 0 Å². The molecular formula is C26H28N2O2. The van der Waals surface area contributed by atoms with Crippen LogP contribution in [0.25, 0.3) is 21.7 Å². The summed E-state index contributed by atoms with van der Waals surface area (Å²) in [5.74, 6) is 0.933. The summed E-state index contributed by atoms with van der Waals surface area (Å²) in [6, 6.07) is 21.6. The van der Waals surface area contributed by atoms with Crippen molar-refractivity contribution in [3.05, 3.63) is 78.0 Å². The fraction of sp³-hybridized carbons (Fsp3) is 0.308. The van der Waals surface area contributed by atoms with Crippen LogP contribution in [0.2, 0.25) is 0 Å². The summed E-state index contributed by atoms with van der Waals surface area (Å²) in [6.45, 7) is 5.83. The van der Waals surface area contributed by atoms with Gasteiger partial charge in [-0.25, -0.2) is 0 Å². The van der Waals surface area contributed by atoms with Gasteiger partial charge >= 0.3 is 0 Å². The summed E-state index contributed by atoms with van der Waals surface area (Å²) in [5.41, 5.74) is 4.03. The van der Waals surface area contributed by atoms with Gasteiger partial charge in [0.25, 0.3) is 0 Å². The zero-order valence-corrected chi connectivity index (χ0v) is 17.5. The van der Waals surface area contributed by atoms with Crippen molar-refractivity contribution >= 4 is 21.7 Å². The molecular weight excluding hydrogens is 372 g/mol. The van der Waals surface area contributed by atoms with E-state index in [1.165, 1.54) is 32.8 Å². The average Bonchev–Trinajstić information content (AvgIpc) is 3.16. The first-order valence-corrected chi connectivity index (χ1v) is 10.7. The first-order chi connectivity index (χ1) is 14.8. The molecule has 30 heavy (non-hydrogen) atoms. The van der Waals surface area contributed by atoms with Crippen molar-refractivity contribution in [1.29, 1.82) is 0 Å². The largest absolute Gasteiger partial charge is 0.496 e. The van der Waals surface area contributed by atoms with Gasteiger partial charge < -0.3 is 14.0 Å². The van der Waals surface area contributed by atoms with E-state index >= 15 is 0 Å². The summed E-state index contributed by atoms with van der Waals surface area (Å²) < 4.78 is 13.5. The van der Waals surface area contributed by atoms with Gasteiger partial charge in [0.1, 0.15) is 5.75 Å². The van der Waals surface area contributed by atoms with E-state index in [2.05, 4.69) is 76.3 Å². The average molecular weight is 401 g/mol. The summed E-state index contributed by atoms with van der Waals surface area (Å²) in [5, 5.41) is 3.79. The SMILES string of the molecule is COc1ccc(Cc2cn(CCN3CCOCC3)c3ccccc23)c2ccccc12. The van der Waals surface area contributed by atoms with E-state index < -0.39 is 0 Å². The molecule has 0 amide bonds. The minimum Gasteiger partial charge on any atom is -0.496 e. The van der Waals surface area contributed by atoms with Crippen LogP contribution in [0.15, 0.2) is 66.9 Å². The van der Waals surface area contributed by atoms with Crippen LogP contribution in [0.1, 0.15) is 11.1 Å². The quantitative estimate of drug-likeness (QED) is 0.468. The topological polar surface area (TPSA) is 26.6 Å². The van der Waals surface area contributed by atoms with Gasteiger partial charge in [0.2, 0.25) is 0 Å². The van der Waals surface area contributed by atoms with Crippen LogP contribution in [0.4, 0.5) is 0 Å². The molecule has 0 radical (unpaired) electrons. The summed E-state index contributed by atoms with van der Waals surface area (Å²) in [4.78, 5) is 2.49. The number of hydrogen-bond donors (Lipinski definition) is 0. The molecule has 1 aliphatic heterocycles. The highest BCUT2D eigenvalue weighted by atomic mass is 16.5. The molecule has 5 rings (SSSR count). The molecule has 1 fully saturated rings. The number of aromatic nitrogens is 1. The second kappa shape index (κ2) is 8.50. The Morgan fingerprint density at radius 1 is 0.800 bits per heavy atom. The highest BCUT2D eigenvalue weighted by Gasteiger charge is 2.14. The highest BCUT2D eigenvalue weighted by Crippen LogP contribution is 2.31. The van der Waals surface area contributed by atoms with Gasteiger partial charge in [-0.1, -0.05) is 48.5 Å². The molecule has 1 aromatic heterocycles. The molecule has 0 unspecified atom stereocenters. The van der Waals surface area contributed by atoms with Gasteiger partial charge in [-0.05, 0) is 28.6 Å². The Balaban J connectivity index is 1.47. The van der Waals surface area contributed by atoms with Gasteiger partial charge in [0, 0.05) is 55.1 Å². The fourth-order valence-corrected chi connectivity index (χ4v) is 4.59. The lowest BCUT2D eigenvalue weighted by Crippen LogP contribution is -2.38. The van der Waals surface area contributed by atoms with Crippen molar-refractivity contribution < 1.29 is 9.47 Å². The number of fused-ring (bicyclic) bond motifs is 2.